The van der Waals surface area contributed by atoms with Crippen LogP contribution >= 0.6 is 24.0 Å². The number of benzene rings is 1. The van der Waals surface area contributed by atoms with E-state index in [2.05, 4.69) is 0 Å². The first-order valence-corrected chi connectivity index (χ1v) is 13.4. The molecule has 41 heavy (non-hydrogen) atoms. The van der Waals surface area contributed by atoms with Crippen LogP contribution in [0.1, 0.15) is 33.3 Å². The second-order valence-corrected chi connectivity index (χ2v) is 10.4. The van der Waals surface area contributed by atoms with Crippen molar-refractivity contribution >= 4 is 64.2 Å². The lowest BCUT2D eigenvalue weighted by atomic mass is 9.96. The largest absolute Gasteiger partial charge is 0.497 e. The number of rotatable bonds is 9. The zero-order valence-corrected chi connectivity index (χ0v) is 24.7. The van der Waals surface area contributed by atoms with Crippen LogP contribution in [-0.2, 0) is 47.7 Å². The highest BCUT2D eigenvalue weighted by molar-refractivity contribution is 8.26. The molecule has 2 aliphatic heterocycles. The highest BCUT2D eigenvalue weighted by atomic mass is 32.2. The van der Waals surface area contributed by atoms with Gasteiger partial charge in [0.25, 0.3) is 5.91 Å². The van der Waals surface area contributed by atoms with Crippen LogP contribution < -0.4 is 9.47 Å². The Balaban J connectivity index is 2.07. The number of nitrogens with zero attached hydrogens (tertiary/aromatic N) is 1. The molecule has 0 aromatic heterocycles. The third-order valence-electron chi connectivity index (χ3n) is 5.77. The summed E-state index contributed by atoms with van der Waals surface area (Å²) in [4.78, 5) is 62.8. The maximum atomic E-state index is 13.7. The van der Waals surface area contributed by atoms with Crippen molar-refractivity contribution in [1.82, 2.24) is 4.90 Å². The van der Waals surface area contributed by atoms with Crippen molar-refractivity contribution in [2.24, 2.45) is 0 Å². The Morgan fingerprint density at radius 3 is 2.10 bits per heavy atom. The summed E-state index contributed by atoms with van der Waals surface area (Å²) in [6.07, 6.45) is -5.43. The Morgan fingerprint density at radius 2 is 1.54 bits per heavy atom. The second-order valence-electron chi connectivity index (χ2n) is 8.75. The Labute approximate surface area is 245 Å². The summed E-state index contributed by atoms with van der Waals surface area (Å²) >= 11 is 6.46. The molecule has 0 spiro atoms. The topological polar surface area (TPSA) is 153 Å². The van der Waals surface area contributed by atoms with Crippen LogP contribution in [-0.4, -0.2) is 90.5 Å². The molecule has 1 amide bonds. The molecule has 13 nitrogen and oxygen atoms in total. The fourth-order valence-corrected chi connectivity index (χ4v) is 5.49. The third kappa shape index (κ3) is 7.74. The molecule has 5 atom stereocenters. The van der Waals surface area contributed by atoms with Crippen LogP contribution in [0.3, 0.4) is 0 Å². The molecule has 2 fully saturated rings. The maximum Gasteiger partial charge on any atom is 0.303 e. The lowest BCUT2D eigenvalue weighted by molar-refractivity contribution is -0.268. The summed E-state index contributed by atoms with van der Waals surface area (Å²) in [6.45, 7) is 4.04. The van der Waals surface area contributed by atoms with Crippen LogP contribution in [0.4, 0.5) is 0 Å². The number of ether oxygens (including phenoxy) is 7. The van der Waals surface area contributed by atoms with E-state index < -0.39 is 67.0 Å². The number of methoxy groups -OCH3 is 2. The zero-order valence-electron chi connectivity index (χ0n) is 23.1. The monoisotopic (exact) mass is 611 g/mol. The van der Waals surface area contributed by atoms with E-state index in [1.165, 1.54) is 14.2 Å². The van der Waals surface area contributed by atoms with Crippen LogP contribution in [0, 0.1) is 0 Å². The van der Waals surface area contributed by atoms with Gasteiger partial charge < -0.3 is 33.2 Å². The van der Waals surface area contributed by atoms with Crippen LogP contribution in [0.5, 0.6) is 11.5 Å². The van der Waals surface area contributed by atoms with E-state index in [0.29, 0.717) is 17.1 Å². The average Bonchev–Trinajstić information content (AvgIpc) is 3.16. The maximum absolute atomic E-state index is 13.7. The van der Waals surface area contributed by atoms with Gasteiger partial charge in [-0.25, -0.2) is 0 Å². The van der Waals surface area contributed by atoms with Gasteiger partial charge in [-0.05, 0) is 18.2 Å². The highest BCUT2D eigenvalue weighted by Crippen LogP contribution is 2.40. The number of carbonyl (C=O) groups excluding carboxylic acids is 5. The predicted octanol–water partition coefficient (Wildman–Crippen LogP) is 1.99. The first-order valence-electron chi connectivity index (χ1n) is 12.2. The van der Waals surface area contributed by atoms with Gasteiger partial charge in [-0.15, -0.1) is 0 Å². The molecule has 0 radical (unpaired) electrons. The van der Waals surface area contributed by atoms with Crippen molar-refractivity contribution in [2.75, 3.05) is 20.8 Å². The number of hydrogen-bond acceptors (Lipinski definition) is 14. The molecule has 15 heteroatoms. The smallest absolute Gasteiger partial charge is 0.303 e. The summed E-state index contributed by atoms with van der Waals surface area (Å²) < 4.78 is 38.1. The van der Waals surface area contributed by atoms with Crippen LogP contribution in [0.15, 0.2) is 23.1 Å². The Morgan fingerprint density at radius 1 is 0.927 bits per heavy atom. The average molecular weight is 612 g/mol. The molecule has 1 aromatic carbocycles. The zero-order chi connectivity index (χ0) is 30.4. The molecule has 0 aliphatic carbocycles. The van der Waals surface area contributed by atoms with E-state index >= 15 is 0 Å². The minimum absolute atomic E-state index is 0.0367. The van der Waals surface area contributed by atoms with Gasteiger partial charge in [-0.1, -0.05) is 24.0 Å². The van der Waals surface area contributed by atoms with Crippen molar-refractivity contribution in [3.63, 3.8) is 0 Å². The number of thioether (sulfide) groups is 1. The number of hydrogen-bond donors (Lipinski definition) is 0. The van der Waals surface area contributed by atoms with Gasteiger partial charge in [0, 0.05) is 39.3 Å². The van der Waals surface area contributed by atoms with Gasteiger partial charge in [-0.2, -0.15) is 0 Å². The molecule has 0 unspecified atom stereocenters. The molecule has 3 rings (SSSR count). The first-order chi connectivity index (χ1) is 19.4. The molecule has 0 bridgehead atoms. The number of esters is 4. The Kier molecular flexibility index (Phi) is 10.7. The minimum Gasteiger partial charge on any atom is -0.497 e. The number of thiocarbonyl (C=S) groups is 1. The van der Waals surface area contributed by atoms with Gasteiger partial charge in [0.15, 0.2) is 28.9 Å². The quantitative estimate of drug-likeness (QED) is 0.173. The van der Waals surface area contributed by atoms with E-state index in [4.69, 9.17) is 45.4 Å². The van der Waals surface area contributed by atoms with Crippen LogP contribution in [0.2, 0.25) is 0 Å². The molecule has 0 saturated carbocycles. The fourth-order valence-electron chi connectivity index (χ4n) is 4.19. The highest BCUT2D eigenvalue weighted by Gasteiger charge is 2.56. The van der Waals surface area contributed by atoms with Crippen molar-refractivity contribution in [3.8, 4) is 11.5 Å². The first kappa shape index (κ1) is 31.8. The lowest BCUT2D eigenvalue weighted by Gasteiger charge is -2.46. The predicted molar refractivity (Wildman–Crippen MR) is 147 cm³/mol. The van der Waals surface area contributed by atoms with Crippen molar-refractivity contribution in [1.29, 1.82) is 0 Å². The summed E-state index contributed by atoms with van der Waals surface area (Å²) in [7, 11) is 2.97. The third-order valence-corrected chi connectivity index (χ3v) is 7.10. The van der Waals surface area contributed by atoms with E-state index in [-0.39, 0.29) is 9.23 Å². The molecular weight excluding hydrogens is 582 g/mol. The molecule has 2 saturated heterocycles. The van der Waals surface area contributed by atoms with Gasteiger partial charge in [0.1, 0.15) is 24.2 Å². The van der Waals surface area contributed by atoms with Gasteiger partial charge in [-0.3, -0.25) is 28.9 Å². The SMILES string of the molecule is COc1ccc(/C=C2/SC(=S)N([C@@H]3O[C@@H](COC(C)=O)[C@@H](OC(C)=O)[C@H](OC(C)=O)[C@@H]3OC(C)=O)C2=O)c(OC)c1. The standard InChI is InChI=1S/C26H29NO12S2/c1-12(28)35-11-19-21(36-13(2)29)22(37-14(3)30)23(38-15(4)31)25(39-19)27-24(32)20(41-26(27)40)9-16-7-8-17(33-5)10-18(16)34-6/h7-10,19,21-23,25H,11H2,1-6H3/b20-9+/t19-,21+,22-,23-,25+/m0/s1. The summed E-state index contributed by atoms with van der Waals surface area (Å²) in [5, 5.41) is 0. The molecule has 2 aliphatic rings. The number of carbonyl (C=O) groups is 5. The summed E-state index contributed by atoms with van der Waals surface area (Å²) in [5.74, 6) is -2.67. The number of amides is 1. The van der Waals surface area contributed by atoms with Crippen LogP contribution in [0.25, 0.3) is 6.08 Å². The summed E-state index contributed by atoms with van der Waals surface area (Å²) in [6, 6.07) is 5.03. The van der Waals surface area contributed by atoms with E-state index in [1.807, 2.05) is 0 Å². The molecular formula is C26H29NO12S2. The molecule has 222 valence electrons. The molecule has 2 heterocycles. The molecule has 1 aromatic rings. The Hall–Kier alpha value is -3.69. The van der Waals surface area contributed by atoms with Gasteiger partial charge in [0.05, 0.1) is 19.1 Å². The Bertz CT molecular complexity index is 1260. The lowest BCUT2D eigenvalue weighted by Crippen LogP contribution is -2.66. The normalized spacial score (nSPS) is 25.0. The second kappa shape index (κ2) is 13.8. The van der Waals surface area contributed by atoms with E-state index in [0.717, 1.165) is 44.4 Å². The van der Waals surface area contributed by atoms with E-state index in [9.17, 15) is 24.0 Å². The van der Waals surface area contributed by atoms with Gasteiger partial charge >= 0.3 is 23.9 Å². The van der Waals surface area contributed by atoms with E-state index in [1.54, 1.807) is 24.3 Å². The van der Waals surface area contributed by atoms with Crippen molar-refractivity contribution < 1.29 is 57.1 Å². The molecule has 0 N–H and O–H groups in total. The van der Waals surface area contributed by atoms with Crippen molar-refractivity contribution in [3.05, 3.63) is 28.7 Å². The van der Waals surface area contributed by atoms with Gasteiger partial charge in [0.2, 0.25) is 0 Å². The minimum atomic E-state index is -1.48. The fraction of sp³-hybridized carbons (Fsp3) is 0.462. The van der Waals surface area contributed by atoms with Crippen molar-refractivity contribution in [2.45, 2.75) is 58.3 Å². The summed E-state index contributed by atoms with van der Waals surface area (Å²) in [5.41, 5.74) is 0.551.